The number of hydrogen-bond donors (Lipinski definition) is 3. The molecule has 0 saturated carbocycles. The highest BCUT2D eigenvalue weighted by atomic mass is 32.2. The van der Waals surface area contributed by atoms with Crippen LogP contribution in [0.15, 0.2) is 30.3 Å². The second-order valence-electron chi connectivity index (χ2n) is 7.89. The van der Waals surface area contributed by atoms with Crippen LogP contribution in [0.1, 0.15) is 36.7 Å². The lowest BCUT2D eigenvalue weighted by atomic mass is 9.86. The maximum absolute atomic E-state index is 12.2. The van der Waals surface area contributed by atoms with Gasteiger partial charge in [-0.1, -0.05) is 12.1 Å². The summed E-state index contributed by atoms with van der Waals surface area (Å²) >= 11 is 0. The molecule has 1 unspecified atom stereocenters. The summed E-state index contributed by atoms with van der Waals surface area (Å²) < 4.78 is 28.6. The molecule has 2 heterocycles. The Bertz CT molecular complexity index is 1090. The number of nitrogens with one attached hydrogen (secondary N) is 3. The number of methoxy groups -OCH3 is 1. The molecule has 0 bridgehead atoms. The summed E-state index contributed by atoms with van der Waals surface area (Å²) in [7, 11) is -1.55. The normalized spacial score (nSPS) is 19.3. The lowest BCUT2D eigenvalue weighted by molar-refractivity contribution is -0.119. The number of hydrogen-bond acceptors (Lipinski definition) is 6. The van der Waals surface area contributed by atoms with Gasteiger partial charge in [-0.2, -0.15) is 0 Å². The summed E-state index contributed by atoms with van der Waals surface area (Å²) in [6.07, 6.45) is 0.988. The molecule has 3 N–H and O–H groups in total. The van der Waals surface area contributed by atoms with Crippen molar-refractivity contribution in [1.29, 1.82) is 0 Å². The largest absolute Gasteiger partial charge is 0.496 e. The van der Waals surface area contributed by atoms with Crippen LogP contribution in [0.25, 0.3) is 0 Å². The van der Waals surface area contributed by atoms with E-state index in [1.165, 1.54) is 6.26 Å². The Morgan fingerprint density at radius 3 is 2.39 bits per heavy atom. The first-order chi connectivity index (χ1) is 13.1. The Hall–Kier alpha value is -2.74. The lowest BCUT2D eigenvalue weighted by Gasteiger charge is -2.17. The Kier molecular flexibility index (Phi) is 4.08. The second kappa shape index (κ2) is 6.13. The first kappa shape index (κ1) is 18.6. The van der Waals surface area contributed by atoms with Gasteiger partial charge in [-0.3, -0.25) is 4.79 Å². The van der Waals surface area contributed by atoms with Crippen LogP contribution in [-0.2, 0) is 25.8 Å². The molecule has 2 aliphatic rings. The molecule has 148 valence electrons. The number of carbonyl (C=O) groups excluding carboxylic acids is 1. The highest BCUT2D eigenvalue weighted by Crippen LogP contribution is 2.46. The SMILES string of the molecule is COc1cc(CS(C)(=O)=O)ccc1C1Nc2cc3c(cc2N1)C(C)(C)C(=O)N3. The first-order valence-electron chi connectivity index (χ1n) is 8.96. The number of amides is 1. The van der Waals surface area contributed by atoms with Crippen molar-refractivity contribution in [3.63, 3.8) is 0 Å². The van der Waals surface area contributed by atoms with Crippen LogP contribution in [0, 0.1) is 0 Å². The van der Waals surface area contributed by atoms with Gasteiger partial charge in [-0.05, 0) is 43.2 Å². The molecule has 8 heteroatoms. The van der Waals surface area contributed by atoms with Gasteiger partial charge in [0.2, 0.25) is 5.91 Å². The fourth-order valence-electron chi connectivity index (χ4n) is 3.75. The molecule has 0 radical (unpaired) electrons. The minimum absolute atomic E-state index is 0.00846. The lowest BCUT2D eigenvalue weighted by Crippen LogP contribution is -2.26. The van der Waals surface area contributed by atoms with Crippen molar-refractivity contribution >= 4 is 32.8 Å². The minimum atomic E-state index is -3.12. The summed E-state index contributed by atoms with van der Waals surface area (Å²) in [6.45, 7) is 3.81. The summed E-state index contributed by atoms with van der Waals surface area (Å²) in [4.78, 5) is 12.2. The highest BCUT2D eigenvalue weighted by molar-refractivity contribution is 7.89. The van der Waals surface area contributed by atoms with Gasteiger partial charge in [0.05, 0.1) is 29.7 Å². The van der Waals surface area contributed by atoms with E-state index in [1.807, 2.05) is 32.0 Å². The number of carbonyl (C=O) groups is 1. The number of benzene rings is 2. The van der Waals surface area contributed by atoms with Crippen molar-refractivity contribution in [1.82, 2.24) is 0 Å². The summed E-state index contributed by atoms with van der Waals surface area (Å²) in [6, 6.07) is 9.37. The van der Waals surface area contributed by atoms with Crippen LogP contribution in [-0.4, -0.2) is 27.7 Å². The fraction of sp³-hybridized carbons (Fsp3) is 0.350. The molecular formula is C20H23N3O4S. The van der Waals surface area contributed by atoms with Gasteiger partial charge in [0.25, 0.3) is 0 Å². The minimum Gasteiger partial charge on any atom is -0.496 e. The molecule has 4 rings (SSSR count). The summed E-state index contributed by atoms with van der Waals surface area (Å²) in [5, 5.41) is 9.77. The molecule has 0 aromatic heterocycles. The van der Waals surface area contributed by atoms with Gasteiger partial charge in [-0.25, -0.2) is 8.42 Å². The zero-order chi connectivity index (χ0) is 20.3. The Balaban J connectivity index is 1.64. The zero-order valence-corrected chi connectivity index (χ0v) is 17.0. The number of ether oxygens (including phenoxy) is 1. The van der Waals surface area contributed by atoms with Crippen LogP contribution in [0.4, 0.5) is 17.1 Å². The van der Waals surface area contributed by atoms with Crippen molar-refractivity contribution in [3.8, 4) is 5.75 Å². The van der Waals surface area contributed by atoms with Crippen molar-refractivity contribution in [3.05, 3.63) is 47.0 Å². The number of rotatable bonds is 4. The van der Waals surface area contributed by atoms with E-state index in [-0.39, 0.29) is 17.8 Å². The first-order valence-corrected chi connectivity index (χ1v) is 11.0. The van der Waals surface area contributed by atoms with Crippen LogP contribution < -0.4 is 20.7 Å². The molecule has 28 heavy (non-hydrogen) atoms. The number of sulfone groups is 1. The summed E-state index contributed by atoms with van der Waals surface area (Å²) in [5.74, 6) is 0.572. The Morgan fingerprint density at radius 2 is 1.75 bits per heavy atom. The van der Waals surface area contributed by atoms with E-state index in [0.29, 0.717) is 11.3 Å². The zero-order valence-electron chi connectivity index (χ0n) is 16.2. The van der Waals surface area contributed by atoms with E-state index in [0.717, 1.165) is 28.2 Å². The van der Waals surface area contributed by atoms with E-state index < -0.39 is 15.3 Å². The average Bonchev–Trinajstić information content (AvgIpc) is 3.10. The third-order valence-electron chi connectivity index (χ3n) is 5.28. The van der Waals surface area contributed by atoms with E-state index >= 15 is 0 Å². The van der Waals surface area contributed by atoms with E-state index in [4.69, 9.17) is 4.74 Å². The molecule has 0 spiro atoms. The van der Waals surface area contributed by atoms with E-state index in [9.17, 15) is 13.2 Å². The Morgan fingerprint density at radius 1 is 1.07 bits per heavy atom. The molecule has 1 amide bonds. The monoisotopic (exact) mass is 401 g/mol. The topological polar surface area (TPSA) is 96.5 Å². The van der Waals surface area contributed by atoms with E-state index in [2.05, 4.69) is 16.0 Å². The molecule has 1 atom stereocenters. The van der Waals surface area contributed by atoms with Gasteiger partial charge < -0.3 is 20.7 Å². The van der Waals surface area contributed by atoms with Crippen molar-refractivity contribution in [2.75, 3.05) is 29.3 Å². The predicted molar refractivity (Wildman–Crippen MR) is 110 cm³/mol. The van der Waals surface area contributed by atoms with Crippen molar-refractivity contribution in [2.45, 2.75) is 31.2 Å². The predicted octanol–water partition coefficient (Wildman–Crippen LogP) is 3.01. The van der Waals surface area contributed by atoms with Crippen LogP contribution in [0.3, 0.4) is 0 Å². The molecule has 0 fully saturated rings. The van der Waals surface area contributed by atoms with Gasteiger partial charge in [-0.15, -0.1) is 0 Å². The molecule has 2 aliphatic heterocycles. The van der Waals surface area contributed by atoms with Crippen LogP contribution in [0.2, 0.25) is 0 Å². The van der Waals surface area contributed by atoms with Crippen molar-refractivity contribution < 1.29 is 17.9 Å². The van der Waals surface area contributed by atoms with Gasteiger partial charge in [0.15, 0.2) is 9.84 Å². The third-order valence-corrected chi connectivity index (χ3v) is 6.14. The molecule has 0 aliphatic carbocycles. The van der Waals surface area contributed by atoms with Gasteiger partial charge in [0, 0.05) is 17.5 Å². The van der Waals surface area contributed by atoms with Gasteiger partial charge >= 0.3 is 0 Å². The standard InChI is InChI=1S/C20H23N3O4S/c1-20(2)13-8-15-16(9-14(13)23-19(20)24)22-18(21-15)12-6-5-11(7-17(12)27-3)10-28(4,25)26/h5-9,18,21-22H,10H2,1-4H3,(H,23,24). The fourth-order valence-corrected chi connectivity index (χ4v) is 4.53. The van der Waals surface area contributed by atoms with E-state index in [1.54, 1.807) is 19.2 Å². The highest BCUT2D eigenvalue weighted by Gasteiger charge is 2.40. The summed E-state index contributed by atoms with van der Waals surface area (Å²) in [5.41, 5.74) is 4.57. The average molecular weight is 401 g/mol. The maximum Gasteiger partial charge on any atom is 0.234 e. The number of fused-ring (bicyclic) bond motifs is 2. The maximum atomic E-state index is 12.2. The Labute approximate surface area is 164 Å². The van der Waals surface area contributed by atoms with Gasteiger partial charge in [0.1, 0.15) is 11.9 Å². The molecule has 2 aromatic rings. The molecule has 0 saturated heterocycles. The van der Waals surface area contributed by atoms with Crippen LogP contribution in [0.5, 0.6) is 5.75 Å². The molecule has 7 nitrogen and oxygen atoms in total. The van der Waals surface area contributed by atoms with Crippen LogP contribution >= 0.6 is 0 Å². The second-order valence-corrected chi connectivity index (χ2v) is 10.0. The smallest absolute Gasteiger partial charge is 0.234 e. The third kappa shape index (κ3) is 3.07. The quantitative estimate of drug-likeness (QED) is 0.729. The molecule has 2 aromatic carbocycles. The molecular weight excluding hydrogens is 378 g/mol. The number of anilines is 3. The van der Waals surface area contributed by atoms with Crippen molar-refractivity contribution in [2.24, 2.45) is 0 Å².